The SMILES string of the molecule is CCn1nc(C)cc1C(=O)Nc1nc2cc(C(N)=O)cc(OCCCN(C)C(=O)CCN3C(=O)C=CC3=O)c2n1C/C=C/Cn1c2ncc(C(N)=O)cc2c2ccc(-c3cc(C)nn3CC)nc21. The highest BCUT2D eigenvalue weighted by molar-refractivity contribution is 6.13. The van der Waals surface area contributed by atoms with Gasteiger partial charge in [0.2, 0.25) is 23.7 Å². The van der Waals surface area contributed by atoms with Crippen LogP contribution in [0.5, 0.6) is 5.75 Å². The van der Waals surface area contributed by atoms with Crippen molar-refractivity contribution in [3.63, 3.8) is 0 Å². The van der Waals surface area contributed by atoms with Gasteiger partial charge in [0.15, 0.2) is 0 Å². The van der Waals surface area contributed by atoms with Gasteiger partial charge in [0.25, 0.3) is 17.7 Å². The second-order valence-electron chi connectivity index (χ2n) is 16.2. The van der Waals surface area contributed by atoms with Crippen LogP contribution in [-0.2, 0) is 40.6 Å². The van der Waals surface area contributed by atoms with Crippen molar-refractivity contribution in [1.29, 1.82) is 0 Å². The average Bonchev–Trinajstić information content (AvgIpc) is 4.13. The Hall–Kier alpha value is -8.49. The number of carbonyl (C=O) groups excluding carboxylic acids is 6. The number of nitrogens with one attached hydrogen (secondary N) is 1. The van der Waals surface area contributed by atoms with Crippen LogP contribution in [0.3, 0.4) is 0 Å². The minimum Gasteiger partial charge on any atom is -0.491 e. The number of fused-ring (bicyclic) bond motifs is 4. The molecule has 21 nitrogen and oxygen atoms in total. The Kier molecular flexibility index (Phi) is 13.0. The fourth-order valence-electron chi connectivity index (χ4n) is 8.19. The van der Waals surface area contributed by atoms with E-state index in [2.05, 4.69) is 20.5 Å². The topological polar surface area (TPSA) is 266 Å². The molecule has 0 saturated heterocycles. The van der Waals surface area contributed by atoms with Crippen molar-refractivity contribution < 1.29 is 33.5 Å². The van der Waals surface area contributed by atoms with Crippen LogP contribution in [-0.4, -0.2) is 116 Å². The first kappa shape index (κ1) is 46.1. The molecule has 1 aliphatic heterocycles. The smallest absolute Gasteiger partial charge is 0.276 e. The molecule has 1 aliphatic rings. The predicted molar refractivity (Wildman–Crippen MR) is 251 cm³/mol. The van der Waals surface area contributed by atoms with Gasteiger partial charge in [-0.15, -0.1) is 0 Å². The fraction of sp³-hybridized carbons (Fsp3) is 0.298. The van der Waals surface area contributed by atoms with E-state index < -0.39 is 29.5 Å². The number of aromatic nitrogens is 9. The molecule has 350 valence electrons. The van der Waals surface area contributed by atoms with Crippen molar-refractivity contribution in [3.05, 3.63) is 101 Å². The van der Waals surface area contributed by atoms with Gasteiger partial charge in [0.05, 0.1) is 40.5 Å². The van der Waals surface area contributed by atoms with Crippen LogP contribution >= 0.6 is 0 Å². The Labute approximate surface area is 389 Å². The highest BCUT2D eigenvalue weighted by Gasteiger charge is 2.25. The van der Waals surface area contributed by atoms with Crippen LogP contribution in [0.1, 0.15) is 69.3 Å². The van der Waals surface area contributed by atoms with Crippen LogP contribution in [0.2, 0.25) is 0 Å². The largest absolute Gasteiger partial charge is 0.491 e. The Balaban J connectivity index is 1.11. The fourth-order valence-corrected chi connectivity index (χ4v) is 8.19. The summed E-state index contributed by atoms with van der Waals surface area (Å²) in [5.74, 6) is -2.54. The number of primary amides is 2. The zero-order chi connectivity index (χ0) is 48.4. The number of imidazole rings is 1. The molecule has 1 aromatic carbocycles. The van der Waals surface area contributed by atoms with Gasteiger partial charge < -0.3 is 30.2 Å². The molecule has 8 rings (SSSR count). The number of benzene rings is 1. The van der Waals surface area contributed by atoms with Gasteiger partial charge >= 0.3 is 0 Å². The summed E-state index contributed by atoms with van der Waals surface area (Å²) in [6.45, 7) is 9.51. The standard InChI is InChI=1S/C47H50N14O7/c1-6-60-35(21-27(3)54-60)33-12-11-31-32-23-30(43(49)66)26-50-44(32)59(45(31)51-33)18-9-8-17-58-41-34(52-47(58)53-46(67)36-22-28(4)55-61(36)7-2)24-29(42(48)65)25-37(41)68-20-10-16-56(5)38(62)15-19-57-39(63)13-14-40(57)64/h8-9,11-14,21-26H,6-7,10,15-20H2,1-5H3,(H2,48,65)(H2,49,66)(H,52,53,67)/b9-8+. The molecule has 0 radical (unpaired) electrons. The van der Waals surface area contributed by atoms with Gasteiger partial charge in [0, 0.05) is 87.4 Å². The number of amides is 6. The molecule has 0 aliphatic carbocycles. The van der Waals surface area contributed by atoms with Crippen LogP contribution in [0.4, 0.5) is 5.95 Å². The lowest BCUT2D eigenvalue weighted by Gasteiger charge is -2.19. The molecule has 0 atom stereocenters. The lowest BCUT2D eigenvalue weighted by atomic mass is 10.1. The van der Waals surface area contributed by atoms with Crippen molar-refractivity contribution >= 4 is 74.5 Å². The van der Waals surface area contributed by atoms with Gasteiger partial charge in [-0.25, -0.2) is 15.0 Å². The number of aryl methyl sites for hydroxylation is 4. The van der Waals surface area contributed by atoms with Crippen molar-refractivity contribution in [3.8, 4) is 17.1 Å². The van der Waals surface area contributed by atoms with E-state index in [1.54, 1.807) is 35.4 Å². The zero-order valence-electron chi connectivity index (χ0n) is 38.2. The van der Waals surface area contributed by atoms with Crippen molar-refractivity contribution in [2.45, 2.75) is 66.7 Å². The third-order valence-corrected chi connectivity index (χ3v) is 11.6. The van der Waals surface area contributed by atoms with Crippen LogP contribution < -0.4 is 21.5 Å². The summed E-state index contributed by atoms with van der Waals surface area (Å²) in [7, 11) is 1.62. The lowest BCUT2D eigenvalue weighted by molar-refractivity contribution is -0.138. The van der Waals surface area contributed by atoms with E-state index in [-0.39, 0.29) is 67.9 Å². The van der Waals surface area contributed by atoms with E-state index in [1.165, 1.54) is 35.4 Å². The molecule has 5 N–H and O–H groups in total. The molecule has 7 aromatic rings. The Morgan fingerprint density at radius 3 is 2.21 bits per heavy atom. The molecule has 0 saturated carbocycles. The van der Waals surface area contributed by atoms with Crippen molar-refractivity contribution in [1.82, 2.24) is 53.4 Å². The van der Waals surface area contributed by atoms with Gasteiger partial charge in [0.1, 0.15) is 28.3 Å². The number of carbonyl (C=O) groups is 6. The number of pyridine rings is 2. The maximum atomic E-state index is 13.9. The number of imide groups is 1. The van der Waals surface area contributed by atoms with E-state index >= 15 is 0 Å². The van der Waals surface area contributed by atoms with E-state index in [0.717, 1.165) is 21.7 Å². The molecule has 0 spiro atoms. The summed E-state index contributed by atoms with van der Waals surface area (Å²) in [5, 5.41) is 13.4. The maximum Gasteiger partial charge on any atom is 0.276 e. The highest BCUT2D eigenvalue weighted by Crippen LogP contribution is 2.33. The summed E-state index contributed by atoms with van der Waals surface area (Å²) in [4.78, 5) is 92.5. The third-order valence-electron chi connectivity index (χ3n) is 11.6. The van der Waals surface area contributed by atoms with Gasteiger partial charge in [-0.05, 0) is 76.6 Å². The highest BCUT2D eigenvalue weighted by atomic mass is 16.5. The quantitative estimate of drug-likeness (QED) is 0.0593. The summed E-state index contributed by atoms with van der Waals surface area (Å²) in [6, 6.07) is 12.3. The molecule has 6 aromatic heterocycles. The molecule has 0 unspecified atom stereocenters. The summed E-state index contributed by atoms with van der Waals surface area (Å²) >= 11 is 0. The van der Waals surface area contributed by atoms with Crippen LogP contribution in [0, 0.1) is 13.8 Å². The molecule has 7 heterocycles. The number of hydrogen-bond acceptors (Lipinski definition) is 12. The summed E-state index contributed by atoms with van der Waals surface area (Å²) in [5.41, 5.74) is 17.2. The van der Waals surface area contributed by atoms with Gasteiger partial charge in [-0.2, -0.15) is 10.2 Å². The monoisotopic (exact) mass is 922 g/mol. The number of hydrogen-bond donors (Lipinski definition) is 3. The number of ether oxygens (including phenoxy) is 1. The number of anilines is 1. The van der Waals surface area contributed by atoms with E-state index in [4.69, 9.17) is 26.2 Å². The first-order chi connectivity index (χ1) is 32.6. The Morgan fingerprint density at radius 1 is 0.809 bits per heavy atom. The predicted octanol–water partition coefficient (Wildman–Crippen LogP) is 3.90. The van der Waals surface area contributed by atoms with Gasteiger partial charge in [-0.1, -0.05) is 12.2 Å². The van der Waals surface area contributed by atoms with Gasteiger partial charge in [-0.3, -0.25) is 48.3 Å². The normalized spacial score (nSPS) is 12.7. The zero-order valence-corrected chi connectivity index (χ0v) is 38.2. The minimum atomic E-state index is -0.719. The number of allylic oxidation sites excluding steroid dienone is 2. The molecule has 68 heavy (non-hydrogen) atoms. The lowest BCUT2D eigenvalue weighted by Crippen LogP contribution is -2.36. The summed E-state index contributed by atoms with van der Waals surface area (Å²) < 4.78 is 13.5. The second kappa shape index (κ2) is 19.2. The molecule has 0 bridgehead atoms. The average molecular weight is 923 g/mol. The maximum absolute atomic E-state index is 13.9. The van der Waals surface area contributed by atoms with Crippen LogP contribution in [0.25, 0.3) is 44.5 Å². The number of nitrogens with zero attached hydrogens (tertiary/aromatic N) is 11. The van der Waals surface area contributed by atoms with E-state index in [0.29, 0.717) is 64.3 Å². The first-order valence-corrected chi connectivity index (χ1v) is 22.0. The van der Waals surface area contributed by atoms with Crippen LogP contribution in [0.15, 0.2) is 73.0 Å². The molecule has 21 heteroatoms. The number of nitrogens with two attached hydrogens (primary N) is 2. The van der Waals surface area contributed by atoms with E-state index in [1.807, 2.05) is 60.4 Å². The van der Waals surface area contributed by atoms with Crippen molar-refractivity contribution in [2.75, 3.05) is 32.1 Å². The Bertz CT molecular complexity index is 3230. The van der Waals surface area contributed by atoms with Crippen molar-refractivity contribution in [2.24, 2.45) is 11.5 Å². The molecule has 0 fully saturated rings. The summed E-state index contributed by atoms with van der Waals surface area (Å²) in [6.07, 6.45) is 7.93. The Morgan fingerprint density at radius 2 is 1.50 bits per heavy atom. The first-order valence-electron chi connectivity index (χ1n) is 22.0. The second-order valence-corrected chi connectivity index (χ2v) is 16.2. The molecule has 6 amide bonds. The molecular weight excluding hydrogens is 873 g/mol. The minimum absolute atomic E-state index is 0.0308. The number of rotatable bonds is 19. The van der Waals surface area contributed by atoms with E-state index in [9.17, 15) is 28.8 Å². The third kappa shape index (κ3) is 9.17. The molecular formula is C47H50N14O7.